The van der Waals surface area contributed by atoms with Crippen LogP contribution in [0.5, 0.6) is 0 Å². The van der Waals surface area contributed by atoms with Crippen LogP contribution in [0, 0.1) is 13.8 Å². The van der Waals surface area contributed by atoms with Crippen LogP contribution < -0.4 is 5.32 Å². The maximum absolute atomic E-state index is 12.0. The van der Waals surface area contributed by atoms with Gasteiger partial charge in [-0.2, -0.15) is 0 Å². The third-order valence-corrected chi connectivity index (χ3v) is 3.47. The lowest BCUT2D eigenvalue weighted by Gasteiger charge is -2.31. The number of aryl methyl sites for hydroxylation is 2. The normalized spacial score (nSPS) is 17.4. The van der Waals surface area contributed by atoms with Crippen LogP contribution in [0.15, 0.2) is 18.2 Å². The summed E-state index contributed by atoms with van der Waals surface area (Å²) in [7, 11) is 2.12. The molecule has 4 nitrogen and oxygen atoms in total. The third kappa shape index (κ3) is 4.33. The molecule has 0 spiro atoms. The molecule has 1 N–H and O–H groups in total. The van der Waals surface area contributed by atoms with Crippen molar-refractivity contribution in [2.24, 2.45) is 0 Å². The van der Waals surface area contributed by atoms with Crippen LogP contribution in [-0.2, 0) is 4.79 Å². The van der Waals surface area contributed by atoms with Gasteiger partial charge in [-0.15, -0.1) is 0 Å². The fourth-order valence-corrected chi connectivity index (χ4v) is 2.46. The summed E-state index contributed by atoms with van der Waals surface area (Å²) in [5, 5.41) is 2.99. The smallest absolute Gasteiger partial charge is 0.238 e. The number of piperazine rings is 1. The number of amides is 1. The molecule has 1 fully saturated rings. The quantitative estimate of drug-likeness (QED) is 0.895. The largest absolute Gasteiger partial charge is 0.325 e. The third-order valence-electron chi connectivity index (χ3n) is 3.47. The summed E-state index contributed by atoms with van der Waals surface area (Å²) < 4.78 is 0. The first-order chi connectivity index (χ1) is 9.02. The molecule has 0 saturated carbocycles. The predicted molar refractivity (Wildman–Crippen MR) is 78.5 cm³/mol. The van der Waals surface area contributed by atoms with Gasteiger partial charge in [0.2, 0.25) is 5.91 Å². The van der Waals surface area contributed by atoms with Gasteiger partial charge in [-0.3, -0.25) is 9.69 Å². The Bertz CT molecular complexity index is 430. The highest BCUT2D eigenvalue weighted by Gasteiger charge is 2.16. The second kappa shape index (κ2) is 6.17. The number of hydrogen-bond donors (Lipinski definition) is 1. The van der Waals surface area contributed by atoms with E-state index >= 15 is 0 Å². The lowest BCUT2D eigenvalue weighted by molar-refractivity contribution is -0.117. The van der Waals surface area contributed by atoms with Crippen LogP contribution in [0.2, 0.25) is 0 Å². The number of anilines is 1. The highest BCUT2D eigenvalue weighted by atomic mass is 16.2. The van der Waals surface area contributed by atoms with Crippen LogP contribution in [0.4, 0.5) is 5.69 Å². The van der Waals surface area contributed by atoms with Gasteiger partial charge in [0.1, 0.15) is 0 Å². The zero-order chi connectivity index (χ0) is 13.8. The Balaban J connectivity index is 1.87. The van der Waals surface area contributed by atoms with Crippen LogP contribution in [-0.4, -0.2) is 55.5 Å². The van der Waals surface area contributed by atoms with E-state index in [-0.39, 0.29) is 5.91 Å². The fourth-order valence-electron chi connectivity index (χ4n) is 2.46. The Kier molecular flexibility index (Phi) is 4.56. The average molecular weight is 261 g/mol. The number of likely N-dealkylation sites (N-methyl/N-ethyl adjacent to an activating group) is 1. The second-order valence-corrected chi connectivity index (χ2v) is 5.50. The van der Waals surface area contributed by atoms with E-state index in [0.29, 0.717) is 6.54 Å². The molecule has 1 amide bonds. The summed E-state index contributed by atoms with van der Waals surface area (Å²) in [4.78, 5) is 16.5. The molecule has 2 rings (SSSR count). The van der Waals surface area contributed by atoms with E-state index in [1.807, 2.05) is 26.0 Å². The molecule has 1 aromatic rings. The summed E-state index contributed by atoms with van der Waals surface area (Å²) in [6, 6.07) is 6.12. The fraction of sp³-hybridized carbons (Fsp3) is 0.533. The Morgan fingerprint density at radius 3 is 2.26 bits per heavy atom. The van der Waals surface area contributed by atoms with E-state index in [1.165, 1.54) is 11.1 Å². The van der Waals surface area contributed by atoms with Gasteiger partial charge < -0.3 is 10.2 Å². The van der Waals surface area contributed by atoms with E-state index in [1.54, 1.807) is 0 Å². The maximum atomic E-state index is 12.0. The molecule has 0 aromatic heterocycles. The van der Waals surface area contributed by atoms with Crippen molar-refractivity contribution in [2.45, 2.75) is 13.8 Å². The molecule has 19 heavy (non-hydrogen) atoms. The van der Waals surface area contributed by atoms with Gasteiger partial charge in [0.05, 0.1) is 6.54 Å². The van der Waals surface area contributed by atoms with E-state index in [9.17, 15) is 4.79 Å². The molecule has 0 aliphatic carbocycles. The lowest BCUT2D eigenvalue weighted by Crippen LogP contribution is -2.47. The van der Waals surface area contributed by atoms with Crippen LogP contribution in [0.1, 0.15) is 11.1 Å². The molecule has 1 aliphatic rings. The molecule has 0 unspecified atom stereocenters. The number of hydrogen-bond acceptors (Lipinski definition) is 3. The molecule has 1 heterocycles. The summed E-state index contributed by atoms with van der Waals surface area (Å²) >= 11 is 0. The molecule has 1 aromatic carbocycles. The Morgan fingerprint density at radius 2 is 1.68 bits per heavy atom. The minimum absolute atomic E-state index is 0.0783. The highest BCUT2D eigenvalue weighted by molar-refractivity contribution is 5.92. The van der Waals surface area contributed by atoms with Gasteiger partial charge in [-0.1, -0.05) is 6.07 Å². The monoisotopic (exact) mass is 261 g/mol. The van der Waals surface area contributed by atoms with Gasteiger partial charge >= 0.3 is 0 Å². The summed E-state index contributed by atoms with van der Waals surface area (Å²) in [6.07, 6.45) is 0. The van der Waals surface area contributed by atoms with Crippen molar-refractivity contribution >= 4 is 11.6 Å². The lowest BCUT2D eigenvalue weighted by atomic mass is 10.1. The SMILES string of the molecule is Cc1cc(C)cc(NC(=O)CN2CCN(C)CC2)c1. The van der Waals surface area contributed by atoms with Crippen LogP contribution >= 0.6 is 0 Å². The number of benzene rings is 1. The van der Waals surface area contributed by atoms with Crippen molar-refractivity contribution in [3.8, 4) is 0 Å². The molecular formula is C15H23N3O. The van der Waals surface area contributed by atoms with Crippen molar-refractivity contribution in [3.05, 3.63) is 29.3 Å². The summed E-state index contributed by atoms with van der Waals surface area (Å²) in [6.45, 7) is 8.59. The second-order valence-electron chi connectivity index (χ2n) is 5.50. The topological polar surface area (TPSA) is 35.6 Å². The maximum Gasteiger partial charge on any atom is 0.238 e. The van der Waals surface area contributed by atoms with Crippen molar-refractivity contribution < 1.29 is 4.79 Å². The molecule has 4 heteroatoms. The molecule has 1 saturated heterocycles. The van der Waals surface area contributed by atoms with Crippen molar-refractivity contribution in [1.29, 1.82) is 0 Å². The van der Waals surface area contributed by atoms with Gasteiger partial charge in [0.25, 0.3) is 0 Å². The molecule has 0 atom stereocenters. The van der Waals surface area contributed by atoms with Crippen molar-refractivity contribution in [1.82, 2.24) is 9.80 Å². The van der Waals surface area contributed by atoms with Gasteiger partial charge in [-0.25, -0.2) is 0 Å². The average Bonchev–Trinajstić information content (AvgIpc) is 2.30. The Morgan fingerprint density at radius 1 is 1.11 bits per heavy atom. The summed E-state index contributed by atoms with van der Waals surface area (Å²) in [5.41, 5.74) is 3.25. The van der Waals surface area contributed by atoms with E-state index in [2.05, 4.69) is 28.2 Å². The van der Waals surface area contributed by atoms with Gasteiger partial charge in [0, 0.05) is 31.9 Å². The predicted octanol–water partition coefficient (Wildman–Crippen LogP) is 1.49. The number of carbonyl (C=O) groups excluding carboxylic acids is 1. The zero-order valence-corrected chi connectivity index (χ0v) is 12.1. The first-order valence-corrected chi connectivity index (χ1v) is 6.82. The number of carbonyl (C=O) groups is 1. The molecular weight excluding hydrogens is 238 g/mol. The van der Waals surface area contributed by atoms with E-state index in [4.69, 9.17) is 0 Å². The zero-order valence-electron chi connectivity index (χ0n) is 12.1. The minimum atomic E-state index is 0.0783. The Labute approximate surface area is 115 Å². The molecule has 1 aliphatic heterocycles. The van der Waals surface area contributed by atoms with Gasteiger partial charge in [0.15, 0.2) is 0 Å². The van der Waals surface area contributed by atoms with Crippen LogP contribution in [0.25, 0.3) is 0 Å². The first-order valence-electron chi connectivity index (χ1n) is 6.82. The van der Waals surface area contributed by atoms with Crippen molar-refractivity contribution in [3.63, 3.8) is 0 Å². The molecule has 0 radical (unpaired) electrons. The van der Waals surface area contributed by atoms with Crippen molar-refractivity contribution in [2.75, 3.05) is 45.1 Å². The number of nitrogens with zero attached hydrogens (tertiary/aromatic N) is 2. The highest BCUT2D eigenvalue weighted by Crippen LogP contribution is 2.13. The summed E-state index contributed by atoms with van der Waals surface area (Å²) in [5.74, 6) is 0.0783. The van der Waals surface area contributed by atoms with Crippen LogP contribution in [0.3, 0.4) is 0 Å². The first kappa shape index (κ1) is 14.0. The molecule has 104 valence electrons. The van der Waals surface area contributed by atoms with E-state index in [0.717, 1.165) is 31.9 Å². The Hall–Kier alpha value is -1.39. The van der Waals surface area contributed by atoms with E-state index < -0.39 is 0 Å². The minimum Gasteiger partial charge on any atom is -0.325 e. The van der Waals surface area contributed by atoms with Gasteiger partial charge in [-0.05, 0) is 44.2 Å². The number of nitrogens with one attached hydrogen (secondary N) is 1. The molecule has 0 bridgehead atoms. The number of rotatable bonds is 3. The standard InChI is InChI=1S/C15H23N3O/c1-12-8-13(2)10-14(9-12)16-15(19)11-18-6-4-17(3)5-7-18/h8-10H,4-7,11H2,1-3H3,(H,16,19).